The zero-order valence-electron chi connectivity index (χ0n) is 11.6. The van der Waals surface area contributed by atoms with Crippen LogP contribution in [-0.2, 0) is 17.6 Å². The molecule has 0 aliphatic carbocycles. The minimum atomic E-state index is -0.906. The maximum absolute atomic E-state index is 13.4. The molecule has 0 bridgehead atoms. The van der Waals surface area contributed by atoms with Gasteiger partial charge in [0.2, 0.25) is 0 Å². The molecule has 0 heterocycles. The van der Waals surface area contributed by atoms with Gasteiger partial charge in [0.1, 0.15) is 5.82 Å². The fourth-order valence-electron chi connectivity index (χ4n) is 2.34. The molecule has 2 nitrogen and oxygen atoms in total. The first-order valence-corrected chi connectivity index (χ1v) is 7.06. The van der Waals surface area contributed by atoms with Crippen molar-refractivity contribution in [3.05, 3.63) is 70.0 Å². The number of aliphatic carboxylic acids is 1. The number of carbonyl (C=O) groups is 1. The normalized spacial score (nSPS) is 12.1. The minimum Gasteiger partial charge on any atom is -0.481 e. The Balaban J connectivity index is 2.20. The predicted octanol–water partition coefficient (Wildman–Crippen LogP) is 4.27. The molecule has 110 valence electrons. The van der Waals surface area contributed by atoms with Crippen molar-refractivity contribution in [2.24, 2.45) is 5.92 Å². The van der Waals surface area contributed by atoms with Crippen LogP contribution in [0.1, 0.15) is 16.7 Å². The number of rotatable bonds is 5. The summed E-state index contributed by atoms with van der Waals surface area (Å²) < 4.78 is 13.4. The molecule has 2 aromatic rings. The minimum absolute atomic E-state index is 0.00740. The summed E-state index contributed by atoms with van der Waals surface area (Å²) >= 11 is 5.90. The van der Waals surface area contributed by atoms with E-state index < -0.39 is 17.7 Å². The smallest absolute Gasteiger partial charge is 0.307 e. The molecule has 0 amide bonds. The SMILES string of the molecule is Cc1cccc(CC(Cc2cccc(F)c2Cl)C(=O)O)c1. The van der Waals surface area contributed by atoms with Gasteiger partial charge >= 0.3 is 5.97 Å². The lowest BCUT2D eigenvalue weighted by atomic mass is 9.92. The first-order valence-electron chi connectivity index (χ1n) is 6.68. The summed E-state index contributed by atoms with van der Waals surface area (Å²) in [5, 5.41) is 9.40. The van der Waals surface area contributed by atoms with E-state index in [1.54, 1.807) is 12.1 Å². The molecule has 0 saturated heterocycles. The number of carboxylic acid groups (broad SMARTS) is 1. The Morgan fingerprint density at radius 3 is 2.62 bits per heavy atom. The fourth-order valence-corrected chi connectivity index (χ4v) is 2.55. The Kier molecular flexibility index (Phi) is 4.97. The second-order valence-corrected chi connectivity index (χ2v) is 5.52. The van der Waals surface area contributed by atoms with E-state index in [1.807, 2.05) is 31.2 Å². The number of aryl methyl sites for hydroxylation is 1. The van der Waals surface area contributed by atoms with E-state index in [0.29, 0.717) is 12.0 Å². The van der Waals surface area contributed by atoms with Crippen LogP contribution in [0.3, 0.4) is 0 Å². The Bertz CT molecular complexity index is 655. The summed E-state index contributed by atoms with van der Waals surface area (Å²) in [4.78, 5) is 11.5. The first kappa shape index (κ1) is 15.5. The van der Waals surface area contributed by atoms with Crippen LogP contribution in [0.25, 0.3) is 0 Å². The van der Waals surface area contributed by atoms with E-state index in [9.17, 15) is 14.3 Å². The Morgan fingerprint density at radius 1 is 1.24 bits per heavy atom. The third-order valence-corrected chi connectivity index (χ3v) is 3.83. The molecule has 21 heavy (non-hydrogen) atoms. The molecule has 0 aliphatic heterocycles. The van der Waals surface area contributed by atoms with Gasteiger partial charge in [0.15, 0.2) is 0 Å². The number of hydrogen-bond donors (Lipinski definition) is 1. The molecule has 0 aliphatic rings. The van der Waals surface area contributed by atoms with E-state index in [1.165, 1.54) is 6.07 Å². The lowest BCUT2D eigenvalue weighted by Gasteiger charge is -2.14. The molecule has 0 saturated carbocycles. The Labute approximate surface area is 128 Å². The summed E-state index contributed by atoms with van der Waals surface area (Å²) in [7, 11) is 0. The maximum Gasteiger partial charge on any atom is 0.307 e. The summed E-state index contributed by atoms with van der Waals surface area (Å²) in [6.45, 7) is 1.96. The highest BCUT2D eigenvalue weighted by Gasteiger charge is 2.20. The second-order valence-electron chi connectivity index (χ2n) is 5.15. The standard InChI is InChI=1S/C17H16ClFO2/c1-11-4-2-5-12(8-11)9-14(17(20)21)10-13-6-3-7-15(19)16(13)18/h2-8,14H,9-10H2,1H3,(H,20,21). The van der Waals surface area contributed by atoms with Crippen LogP contribution in [0.2, 0.25) is 5.02 Å². The van der Waals surface area contributed by atoms with Gasteiger partial charge in [-0.15, -0.1) is 0 Å². The lowest BCUT2D eigenvalue weighted by Crippen LogP contribution is -2.19. The molecule has 1 unspecified atom stereocenters. The largest absolute Gasteiger partial charge is 0.481 e. The second kappa shape index (κ2) is 6.72. The summed E-state index contributed by atoms with van der Waals surface area (Å²) in [6.07, 6.45) is 0.601. The third-order valence-electron chi connectivity index (χ3n) is 3.41. The molecule has 1 atom stereocenters. The van der Waals surface area contributed by atoms with Crippen molar-refractivity contribution in [1.82, 2.24) is 0 Å². The van der Waals surface area contributed by atoms with Crippen LogP contribution in [0.5, 0.6) is 0 Å². The molecule has 0 spiro atoms. The van der Waals surface area contributed by atoms with Crippen molar-refractivity contribution in [2.75, 3.05) is 0 Å². The Hall–Kier alpha value is -1.87. The predicted molar refractivity (Wildman–Crippen MR) is 81.1 cm³/mol. The van der Waals surface area contributed by atoms with Gasteiger partial charge in [-0.2, -0.15) is 0 Å². The highest BCUT2D eigenvalue weighted by Crippen LogP contribution is 2.24. The van der Waals surface area contributed by atoms with Gasteiger partial charge in [-0.25, -0.2) is 4.39 Å². The average Bonchev–Trinajstić information content (AvgIpc) is 2.43. The monoisotopic (exact) mass is 306 g/mol. The van der Waals surface area contributed by atoms with Gasteiger partial charge in [0.25, 0.3) is 0 Å². The third kappa shape index (κ3) is 4.05. The highest BCUT2D eigenvalue weighted by molar-refractivity contribution is 6.31. The van der Waals surface area contributed by atoms with Crippen LogP contribution in [0.15, 0.2) is 42.5 Å². The first-order chi connectivity index (χ1) is 9.97. The fraction of sp³-hybridized carbons (Fsp3) is 0.235. The molecule has 0 radical (unpaired) electrons. The average molecular weight is 307 g/mol. The van der Waals surface area contributed by atoms with E-state index in [-0.39, 0.29) is 11.4 Å². The van der Waals surface area contributed by atoms with Crippen LogP contribution < -0.4 is 0 Å². The number of benzene rings is 2. The topological polar surface area (TPSA) is 37.3 Å². The van der Waals surface area contributed by atoms with Crippen LogP contribution in [0.4, 0.5) is 4.39 Å². The van der Waals surface area contributed by atoms with Crippen molar-refractivity contribution in [3.63, 3.8) is 0 Å². The number of hydrogen-bond acceptors (Lipinski definition) is 1. The van der Waals surface area contributed by atoms with Crippen LogP contribution in [0, 0.1) is 18.7 Å². The van der Waals surface area contributed by atoms with Gasteiger partial charge in [0.05, 0.1) is 10.9 Å². The van der Waals surface area contributed by atoms with E-state index in [4.69, 9.17) is 11.6 Å². The van der Waals surface area contributed by atoms with Gasteiger partial charge in [0, 0.05) is 0 Å². The van der Waals surface area contributed by atoms with Gasteiger partial charge < -0.3 is 5.11 Å². The number of carboxylic acids is 1. The molecular weight excluding hydrogens is 291 g/mol. The van der Waals surface area contributed by atoms with Crippen molar-refractivity contribution < 1.29 is 14.3 Å². The van der Waals surface area contributed by atoms with Crippen LogP contribution >= 0.6 is 11.6 Å². The van der Waals surface area contributed by atoms with Gasteiger partial charge in [-0.3, -0.25) is 4.79 Å². The summed E-state index contributed by atoms with van der Waals surface area (Å²) in [6, 6.07) is 12.2. The van der Waals surface area contributed by atoms with Gasteiger partial charge in [-0.1, -0.05) is 53.6 Å². The zero-order chi connectivity index (χ0) is 15.4. The summed E-state index contributed by atoms with van der Waals surface area (Å²) in [5.74, 6) is -2.06. The van der Waals surface area contributed by atoms with Crippen molar-refractivity contribution >= 4 is 17.6 Å². The quantitative estimate of drug-likeness (QED) is 0.895. The van der Waals surface area contributed by atoms with Crippen molar-refractivity contribution in [2.45, 2.75) is 19.8 Å². The maximum atomic E-state index is 13.4. The summed E-state index contributed by atoms with van der Waals surface area (Å²) in [5.41, 5.74) is 2.56. The van der Waals surface area contributed by atoms with Crippen molar-refractivity contribution in [1.29, 1.82) is 0 Å². The van der Waals surface area contributed by atoms with E-state index >= 15 is 0 Å². The van der Waals surface area contributed by atoms with Crippen molar-refractivity contribution in [3.8, 4) is 0 Å². The molecule has 0 aromatic heterocycles. The lowest BCUT2D eigenvalue weighted by molar-refractivity contribution is -0.141. The molecule has 0 fully saturated rings. The molecule has 4 heteroatoms. The van der Waals surface area contributed by atoms with Gasteiger partial charge in [-0.05, 0) is 37.0 Å². The molecule has 2 rings (SSSR count). The Morgan fingerprint density at radius 2 is 1.95 bits per heavy atom. The van der Waals surface area contributed by atoms with E-state index in [0.717, 1.165) is 11.1 Å². The molecule has 1 N–H and O–H groups in total. The highest BCUT2D eigenvalue weighted by atomic mass is 35.5. The van der Waals surface area contributed by atoms with Crippen LogP contribution in [-0.4, -0.2) is 11.1 Å². The zero-order valence-corrected chi connectivity index (χ0v) is 12.4. The molecular formula is C17H16ClFO2. The number of halogens is 2. The molecule has 2 aromatic carbocycles. The van der Waals surface area contributed by atoms with E-state index in [2.05, 4.69) is 0 Å².